The van der Waals surface area contributed by atoms with Gasteiger partial charge in [-0.25, -0.2) is 0 Å². The molecule has 2 aromatic rings. The maximum Gasteiger partial charge on any atom is 0.246 e. The third-order valence-corrected chi connectivity index (χ3v) is 4.30. The number of benzene rings is 1. The molecule has 124 valence electrons. The van der Waals surface area contributed by atoms with Crippen molar-refractivity contribution in [2.75, 3.05) is 19.6 Å². The average molecular weight is 315 g/mol. The maximum atomic E-state index is 5.96. The minimum atomic E-state index is -0.123. The highest BCUT2D eigenvalue weighted by Crippen LogP contribution is 2.24. The van der Waals surface area contributed by atoms with E-state index in [9.17, 15) is 0 Å². The van der Waals surface area contributed by atoms with Crippen LogP contribution in [0.25, 0.3) is 0 Å². The third kappa shape index (κ3) is 4.18. The van der Waals surface area contributed by atoms with Gasteiger partial charge < -0.3 is 9.15 Å². The van der Waals surface area contributed by atoms with E-state index >= 15 is 0 Å². The molecule has 5 nitrogen and oxygen atoms in total. The normalized spacial score (nSPS) is 22.4. The highest BCUT2D eigenvalue weighted by atomic mass is 16.5. The predicted molar refractivity (Wildman–Crippen MR) is 88.3 cm³/mol. The molecule has 0 amide bonds. The second-order valence-corrected chi connectivity index (χ2v) is 6.27. The molecule has 0 aliphatic carbocycles. The Hall–Kier alpha value is -1.72. The van der Waals surface area contributed by atoms with Gasteiger partial charge in [0.2, 0.25) is 11.8 Å². The summed E-state index contributed by atoms with van der Waals surface area (Å²) in [7, 11) is 0. The smallest absolute Gasteiger partial charge is 0.246 e. The summed E-state index contributed by atoms with van der Waals surface area (Å²) in [6, 6.07) is 8.92. The molecule has 2 atom stereocenters. The van der Waals surface area contributed by atoms with Crippen LogP contribution in [0.4, 0.5) is 0 Å². The Labute approximate surface area is 137 Å². The highest BCUT2D eigenvalue weighted by molar-refractivity contribution is 5.22. The minimum absolute atomic E-state index is 0.123. The van der Waals surface area contributed by atoms with Crippen LogP contribution in [0.5, 0.6) is 0 Å². The summed E-state index contributed by atoms with van der Waals surface area (Å²) in [5.74, 6) is 1.18. The van der Waals surface area contributed by atoms with Crippen molar-refractivity contribution in [2.45, 2.75) is 45.8 Å². The van der Waals surface area contributed by atoms with Crippen LogP contribution in [0.15, 0.2) is 28.7 Å². The summed E-state index contributed by atoms with van der Waals surface area (Å²) in [4.78, 5) is 2.42. The van der Waals surface area contributed by atoms with Crippen LogP contribution in [0.1, 0.15) is 42.9 Å². The van der Waals surface area contributed by atoms with Crippen molar-refractivity contribution in [3.05, 3.63) is 47.2 Å². The van der Waals surface area contributed by atoms with Crippen molar-refractivity contribution in [2.24, 2.45) is 0 Å². The first kappa shape index (κ1) is 16.1. The zero-order valence-electron chi connectivity index (χ0n) is 14.2. The number of rotatable bonds is 5. The third-order valence-electron chi connectivity index (χ3n) is 4.30. The van der Waals surface area contributed by atoms with E-state index < -0.39 is 0 Å². The topological polar surface area (TPSA) is 51.4 Å². The summed E-state index contributed by atoms with van der Waals surface area (Å²) in [5.41, 5.74) is 2.77. The monoisotopic (exact) mass is 315 g/mol. The van der Waals surface area contributed by atoms with Crippen LogP contribution in [-0.2, 0) is 17.6 Å². The highest BCUT2D eigenvalue weighted by Gasteiger charge is 2.29. The summed E-state index contributed by atoms with van der Waals surface area (Å²) in [6.07, 6.45) is 2.18. The number of morpholine rings is 1. The Morgan fingerprint density at radius 2 is 1.87 bits per heavy atom. The Morgan fingerprint density at radius 3 is 2.52 bits per heavy atom. The average Bonchev–Trinajstić information content (AvgIpc) is 2.99. The second-order valence-electron chi connectivity index (χ2n) is 6.27. The molecule has 1 fully saturated rings. The van der Waals surface area contributed by atoms with E-state index in [0.717, 1.165) is 32.5 Å². The van der Waals surface area contributed by atoms with Gasteiger partial charge in [-0.15, -0.1) is 10.2 Å². The first-order valence-corrected chi connectivity index (χ1v) is 8.39. The molecule has 1 aliphatic rings. The number of aromatic nitrogens is 2. The molecule has 0 radical (unpaired) electrons. The van der Waals surface area contributed by atoms with Gasteiger partial charge >= 0.3 is 0 Å². The number of aryl methyl sites for hydroxylation is 2. The Morgan fingerprint density at radius 1 is 1.13 bits per heavy atom. The van der Waals surface area contributed by atoms with Crippen LogP contribution in [0.2, 0.25) is 0 Å². The molecule has 1 aromatic heterocycles. The van der Waals surface area contributed by atoms with Crippen molar-refractivity contribution < 1.29 is 9.15 Å². The van der Waals surface area contributed by atoms with Gasteiger partial charge in [0.05, 0.1) is 6.10 Å². The quantitative estimate of drug-likeness (QED) is 0.849. The Balaban J connectivity index is 1.58. The van der Waals surface area contributed by atoms with E-state index in [1.807, 2.05) is 0 Å². The molecule has 1 aliphatic heterocycles. The Bertz CT molecular complexity index is 623. The van der Waals surface area contributed by atoms with Crippen molar-refractivity contribution in [3.63, 3.8) is 0 Å². The maximum absolute atomic E-state index is 5.96. The van der Waals surface area contributed by atoms with Gasteiger partial charge in [-0.05, 0) is 30.9 Å². The molecule has 5 heteroatoms. The lowest BCUT2D eigenvalue weighted by molar-refractivity contribution is -0.0890. The van der Waals surface area contributed by atoms with Gasteiger partial charge in [-0.3, -0.25) is 4.90 Å². The van der Waals surface area contributed by atoms with Gasteiger partial charge in [-0.1, -0.05) is 31.2 Å². The van der Waals surface area contributed by atoms with Crippen LogP contribution in [0, 0.1) is 6.92 Å². The molecule has 0 unspecified atom stereocenters. The summed E-state index contributed by atoms with van der Waals surface area (Å²) < 4.78 is 11.5. The van der Waals surface area contributed by atoms with Crippen molar-refractivity contribution in [1.82, 2.24) is 15.1 Å². The first-order valence-electron chi connectivity index (χ1n) is 8.39. The number of hydrogen-bond acceptors (Lipinski definition) is 5. The van der Waals surface area contributed by atoms with Crippen molar-refractivity contribution in [1.29, 1.82) is 0 Å². The molecule has 0 spiro atoms. The molecular weight excluding hydrogens is 290 g/mol. The zero-order valence-corrected chi connectivity index (χ0v) is 14.2. The fourth-order valence-electron chi connectivity index (χ4n) is 3.03. The van der Waals surface area contributed by atoms with Crippen LogP contribution in [0.3, 0.4) is 0 Å². The zero-order chi connectivity index (χ0) is 16.2. The number of ether oxygens (including phenoxy) is 1. The van der Waals surface area contributed by atoms with E-state index in [1.165, 1.54) is 11.1 Å². The van der Waals surface area contributed by atoms with Gasteiger partial charge in [0.15, 0.2) is 0 Å². The molecule has 0 bridgehead atoms. The summed E-state index contributed by atoms with van der Waals surface area (Å²) in [6.45, 7) is 8.85. The second kappa shape index (κ2) is 7.23. The Kier molecular flexibility index (Phi) is 5.08. The fourth-order valence-corrected chi connectivity index (χ4v) is 3.03. The summed E-state index contributed by atoms with van der Waals surface area (Å²) in [5, 5.41) is 8.01. The molecule has 0 saturated carbocycles. The standard InChI is InChI=1S/C18H25N3O2/c1-4-15-5-7-16(8-6-15)9-10-21-11-13(2)22-17(12-21)18-20-19-14(3)23-18/h5-8,13,17H,4,9-12H2,1-3H3/t13-,17-/m1/s1. The van der Waals surface area contributed by atoms with E-state index in [0.29, 0.717) is 11.8 Å². The SMILES string of the molecule is CCc1ccc(CCN2C[C@@H](C)O[C@@H](c3nnc(C)o3)C2)cc1. The van der Waals surface area contributed by atoms with Crippen molar-refractivity contribution >= 4 is 0 Å². The minimum Gasteiger partial charge on any atom is -0.423 e. The molecular formula is C18H25N3O2. The van der Waals surface area contributed by atoms with Crippen molar-refractivity contribution in [3.8, 4) is 0 Å². The van der Waals surface area contributed by atoms with Crippen LogP contribution in [-0.4, -0.2) is 40.8 Å². The largest absolute Gasteiger partial charge is 0.423 e. The first-order chi connectivity index (χ1) is 11.1. The molecule has 3 rings (SSSR count). The van der Waals surface area contributed by atoms with Gasteiger partial charge in [0.25, 0.3) is 0 Å². The van der Waals surface area contributed by atoms with E-state index in [2.05, 4.69) is 53.2 Å². The lowest BCUT2D eigenvalue weighted by Gasteiger charge is -2.35. The van der Waals surface area contributed by atoms with Crippen LogP contribution >= 0.6 is 0 Å². The molecule has 1 aromatic carbocycles. The summed E-state index contributed by atoms with van der Waals surface area (Å²) >= 11 is 0. The lowest BCUT2D eigenvalue weighted by atomic mass is 10.1. The molecule has 0 N–H and O–H groups in total. The predicted octanol–water partition coefficient (Wildman–Crippen LogP) is 2.94. The lowest BCUT2D eigenvalue weighted by Crippen LogP contribution is -2.43. The van der Waals surface area contributed by atoms with E-state index in [-0.39, 0.29) is 12.2 Å². The molecule has 23 heavy (non-hydrogen) atoms. The van der Waals surface area contributed by atoms with E-state index in [1.54, 1.807) is 6.92 Å². The number of nitrogens with zero attached hydrogens (tertiary/aromatic N) is 3. The van der Waals surface area contributed by atoms with Gasteiger partial charge in [-0.2, -0.15) is 0 Å². The molecule has 2 heterocycles. The number of hydrogen-bond donors (Lipinski definition) is 0. The van der Waals surface area contributed by atoms with E-state index in [4.69, 9.17) is 9.15 Å². The van der Waals surface area contributed by atoms with Gasteiger partial charge in [0.1, 0.15) is 6.10 Å². The fraction of sp³-hybridized carbons (Fsp3) is 0.556. The molecule has 1 saturated heterocycles. The van der Waals surface area contributed by atoms with Crippen LogP contribution < -0.4 is 0 Å². The van der Waals surface area contributed by atoms with Gasteiger partial charge in [0, 0.05) is 26.6 Å².